The van der Waals surface area contributed by atoms with Crippen LogP contribution in [0, 0.1) is 0 Å². The Kier molecular flexibility index (Phi) is 8.67. The second-order valence-corrected chi connectivity index (χ2v) is 8.84. The predicted molar refractivity (Wildman–Crippen MR) is 102 cm³/mol. The summed E-state index contributed by atoms with van der Waals surface area (Å²) in [5.41, 5.74) is -0.413. The van der Waals surface area contributed by atoms with Crippen LogP contribution in [0.15, 0.2) is 0 Å². The van der Waals surface area contributed by atoms with Gasteiger partial charge in [-0.1, -0.05) is 0 Å². The molecular formula is C20H42N2O2. The standard InChI is InChI=1S/2C10H21NO/c1-7(2)11-8(3)5-10(12)6-9(11)4;1-9(2)11-7-4-5-10(3,12)6-8-11/h7-10,12H,5-6H2,1-4H3;9,12H,4-8H2,1-3H3. The second-order valence-electron chi connectivity index (χ2n) is 8.84. The van der Waals surface area contributed by atoms with E-state index in [9.17, 15) is 10.2 Å². The summed E-state index contributed by atoms with van der Waals surface area (Å²) in [7, 11) is 0. The van der Waals surface area contributed by atoms with Gasteiger partial charge in [-0.2, -0.15) is 0 Å². The number of hydrogen-bond donors (Lipinski definition) is 2. The normalized spacial score (nSPS) is 36.4. The van der Waals surface area contributed by atoms with Gasteiger partial charge in [-0.15, -0.1) is 0 Å². The predicted octanol–water partition coefficient (Wildman–Crippen LogP) is 3.26. The van der Waals surface area contributed by atoms with Crippen molar-refractivity contribution in [2.75, 3.05) is 13.1 Å². The van der Waals surface area contributed by atoms with Gasteiger partial charge < -0.3 is 15.1 Å². The molecule has 4 nitrogen and oxygen atoms in total. The van der Waals surface area contributed by atoms with Gasteiger partial charge in [0.1, 0.15) is 0 Å². The molecule has 2 fully saturated rings. The molecule has 3 unspecified atom stereocenters. The number of rotatable bonds is 2. The highest BCUT2D eigenvalue weighted by Gasteiger charge is 2.31. The molecule has 0 aromatic rings. The van der Waals surface area contributed by atoms with E-state index in [4.69, 9.17) is 0 Å². The minimum Gasteiger partial charge on any atom is -0.393 e. The first-order valence-electron chi connectivity index (χ1n) is 9.95. The molecule has 2 aliphatic rings. The highest BCUT2D eigenvalue weighted by Crippen LogP contribution is 2.25. The van der Waals surface area contributed by atoms with Gasteiger partial charge in [0.15, 0.2) is 0 Å². The van der Waals surface area contributed by atoms with Crippen LogP contribution in [-0.4, -0.2) is 69.0 Å². The van der Waals surface area contributed by atoms with Crippen molar-refractivity contribution >= 4 is 0 Å². The highest BCUT2D eigenvalue weighted by molar-refractivity contribution is 4.86. The van der Waals surface area contributed by atoms with Crippen molar-refractivity contribution in [3.8, 4) is 0 Å². The number of piperidine rings is 1. The van der Waals surface area contributed by atoms with Crippen molar-refractivity contribution in [3.05, 3.63) is 0 Å². The van der Waals surface area contributed by atoms with Gasteiger partial charge in [0.2, 0.25) is 0 Å². The molecule has 2 aliphatic heterocycles. The molecule has 3 atom stereocenters. The molecule has 0 bridgehead atoms. The monoisotopic (exact) mass is 342 g/mol. The first-order chi connectivity index (χ1) is 11.0. The molecule has 2 N–H and O–H groups in total. The molecule has 4 heteroatoms. The molecule has 24 heavy (non-hydrogen) atoms. The minimum absolute atomic E-state index is 0.0787. The van der Waals surface area contributed by atoms with Crippen LogP contribution in [0.2, 0.25) is 0 Å². The number of hydrogen-bond acceptors (Lipinski definition) is 4. The maximum Gasteiger partial charge on any atom is 0.0632 e. The summed E-state index contributed by atoms with van der Waals surface area (Å²) in [5.74, 6) is 0. The van der Waals surface area contributed by atoms with Crippen LogP contribution in [0.25, 0.3) is 0 Å². The third-order valence-corrected chi connectivity index (χ3v) is 5.67. The molecule has 0 amide bonds. The molecule has 0 aromatic carbocycles. The lowest BCUT2D eigenvalue weighted by Crippen LogP contribution is -2.51. The summed E-state index contributed by atoms with van der Waals surface area (Å²) in [4.78, 5) is 4.94. The van der Waals surface area contributed by atoms with Gasteiger partial charge in [-0.05, 0) is 87.1 Å². The largest absolute Gasteiger partial charge is 0.393 e. The number of aliphatic hydroxyl groups is 2. The second kappa shape index (κ2) is 9.51. The van der Waals surface area contributed by atoms with E-state index >= 15 is 0 Å². The van der Waals surface area contributed by atoms with Gasteiger partial charge in [-0.25, -0.2) is 0 Å². The molecule has 0 aliphatic carbocycles. The summed E-state index contributed by atoms with van der Waals surface area (Å²) in [6, 6.07) is 2.29. The first-order valence-corrected chi connectivity index (χ1v) is 9.95. The fraction of sp³-hybridized carbons (Fsp3) is 1.00. The Labute approximate surface area is 150 Å². The quantitative estimate of drug-likeness (QED) is 0.809. The Morgan fingerprint density at radius 1 is 0.917 bits per heavy atom. The maximum atomic E-state index is 9.83. The fourth-order valence-corrected chi connectivity index (χ4v) is 4.38. The van der Waals surface area contributed by atoms with Crippen molar-refractivity contribution in [3.63, 3.8) is 0 Å². The molecular weight excluding hydrogens is 300 g/mol. The molecule has 0 aromatic heterocycles. The lowest BCUT2D eigenvalue weighted by atomic mass is 9.93. The molecule has 2 rings (SSSR count). The zero-order chi connectivity index (χ0) is 18.5. The Morgan fingerprint density at radius 3 is 1.92 bits per heavy atom. The smallest absolute Gasteiger partial charge is 0.0632 e. The van der Waals surface area contributed by atoms with Crippen molar-refractivity contribution in [2.45, 2.75) is 116 Å². The van der Waals surface area contributed by atoms with Crippen LogP contribution in [0.3, 0.4) is 0 Å². The maximum absolute atomic E-state index is 9.83. The van der Waals surface area contributed by atoms with Crippen LogP contribution in [0.4, 0.5) is 0 Å². The Balaban J connectivity index is 0.000000240. The number of nitrogens with zero attached hydrogens (tertiary/aromatic N) is 2. The zero-order valence-electron chi connectivity index (χ0n) is 17.1. The number of likely N-dealkylation sites (tertiary alicyclic amines) is 2. The highest BCUT2D eigenvalue weighted by atomic mass is 16.3. The van der Waals surface area contributed by atoms with Crippen molar-refractivity contribution in [1.82, 2.24) is 9.80 Å². The van der Waals surface area contributed by atoms with Crippen molar-refractivity contribution < 1.29 is 10.2 Å². The summed E-state index contributed by atoms with van der Waals surface area (Å²) in [6.07, 6.45) is 4.79. The summed E-state index contributed by atoms with van der Waals surface area (Å²) < 4.78 is 0. The van der Waals surface area contributed by atoms with Crippen LogP contribution in [0.1, 0.15) is 80.6 Å². The average molecular weight is 343 g/mol. The van der Waals surface area contributed by atoms with E-state index < -0.39 is 5.60 Å². The van der Waals surface area contributed by atoms with E-state index in [0.29, 0.717) is 24.2 Å². The topological polar surface area (TPSA) is 46.9 Å². The van der Waals surface area contributed by atoms with E-state index in [0.717, 1.165) is 45.2 Å². The SMILES string of the molecule is CC(C)N1C(C)CC(O)CC1C.CC(C)N1CCCC(C)(O)CC1. The third-order valence-electron chi connectivity index (χ3n) is 5.67. The minimum atomic E-state index is -0.413. The number of aliphatic hydroxyl groups excluding tert-OH is 1. The van der Waals surface area contributed by atoms with Gasteiger partial charge in [-0.3, -0.25) is 4.90 Å². The molecule has 0 radical (unpaired) electrons. The van der Waals surface area contributed by atoms with Crippen LogP contribution in [0.5, 0.6) is 0 Å². The van der Waals surface area contributed by atoms with Gasteiger partial charge >= 0.3 is 0 Å². The van der Waals surface area contributed by atoms with E-state index in [-0.39, 0.29) is 6.10 Å². The lowest BCUT2D eigenvalue weighted by molar-refractivity contribution is -0.00378. The van der Waals surface area contributed by atoms with Gasteiger partial charge in [0.25, 0.3) is 0 Å². The molecule has 2 saturated heterocycles. The Morgan fingerprint density at radius 2 is 1.46 bits per heavy atom. The molecule has 0 saturated carbocycles. The first kappa shape index (κ1) is 21.9. The van der Waals surface area contributed by atoms with E-state index in [1.54, 1.807) is 0 Å². The van der Waals surface area contributed by atoms with Crippen molar-refractivity contribution in [1.29, 1.82) is 0 Å². The van der Waals surface area contributed by atoms with E-state index in [2.05, 4.69) is 51.3 Å². The Hall–Kier alpha value is -0.160. The van der Waals surface area contributed by atoms with Crippen LogP contribution < -0.4 is 0 Å². The summed E-state index contributed by atoms with van der Waals surface area (Å²) in [6.45, 7) is 17.5. The van der Waals surface area contributed by atoms with Crippen LogP contribution >= 0.6 is 0 Å². The van der Waals surface area contributed by atoms with Gasteiger partial charge in [0.05, 0.1) is 11.7 Å². The molecule has 2 heterocycles. The summed E-state index contributed by atoms with van der Waals surface area (Å²) >= 11 is 0. The lowest BCUT2D eigenvalue weighted by Gasteiger charge is -2.43. The average Bonchev–Trinajstić information content (AvgIpc) is 2.58. The molecule has 144 valence electrons. The summed E-state index contributed by atoms with van der Waals surface area (Å²) in [5, 5.41) is 19.4. The Bertz CT molecular complexity index is 346. The third kappa shape index (κ3) is 6.99. The van der Waals surface area contributed by atoms with Crippen LogP contribution in [-0.2, 0) is 0 Å². The van der Waals surface area contributed by atoms with Gasteiger partial charge in [0, 0.05) is 30.7 Å². The van der Waals surface area contributed by atoms with Crippen molar-refractivity contribution in [2.24, 2.45) is 0 Å². The zero-order valence-corrected chi connectivity index (χ0v) is 17.1. The van der Waals surface area contributed by atoms with E-state index in [1.807, 2.05) is 6.92 Å². The fourth-order valence-electron chi connectivity index (χ4n) is 4.38. The van der Waals surface area contributed by atoms with E-state index in [1.165, 1.54) is 0 Å². The molecule has 0 spiro atoms.